The van der Waals surface area contributed by atoms with Gasteiger partial charge in [0.15, 0.2) is 6.10 Å². The summed E-state index contributed by atoms with van der Waals surface area (Å²) in [5, 5.41) is 33.1. The second-order valence-corrected chi connectivity index (χ2v) is 7.50. The van der Waals surface area contributed by atoms with Crippen molar-refractivity contribution >= 4 is 28.7 Å². The summed E-state index contributed by atoms with van der Waals surface area (Å²) in [6.45, 7) is 3.29. The van der Waals surface area contributed by atoms with Crippen LogP contribution in [0.2, 0.25) is 0 Å². The van der Waals surface area contributed by atoms with E-state index in [1.165, 1.54) is 0 Å². The molecule has 0 saturated heterocycles. The Bertz CT molecular complexity index is 911. The molecule has 0 spiro atoms. The Hall–Kier alpha value is -3.17. The molecule has 0 saturated carbocycles. The topological polar surface area (TPSA) is 153 Å². The van der Waals surface area contributed by atoms with Gasteiger partial charge >= 0.3 is 12.0 Å². The van der Waals surface area contributed by atoms with E-state index in [1.807, 2.05) is 32.0 Å². The zero-order chi connectivity index (χ0) is 22.4. The Kier molecular flexibility index (Phi) is 7.73. The molecule has 0 aliphatic heterocycles. The molecule has 0 heterocycles. The Balaban J connectivity index is 2.28. The van der Waals surface area contributed by atoms with Crippen molar-refractivity contribution in [2.24, 2.45) is 11.7 Å². The molecule has 162 valence electrons. The minimum absolute atomic E-state index is 0.0288. The van der Waals surface area contributed by atoms with Crippen LogP contribution in [0.1, 0.15) is 25.3 Å². The van der Waals surface area contributed by atoms with Crippen LogP contribution in [0.4, 0.5) is 4.79 Å². The summed E-state index contributed by atoms with van der Waals surface area (Å²) < 4.78 is 0. The van der Waals surface area contributed by atoms with Crippen molar-refractivity contribution in [3.8, 4) is 0 Å². The molecule has 3 atom stereocenters. The lowest BCUT2D eigenvalue weighted by molar-refractivity contribution is -0.147. The maximum atomic E-state index is 12.7. The molecular formula is C21H27N3O6. The third-order valence-corrected chi connectivity index (χ3v) is 4.60. The number of rotatable bonds is 9. The summed E-state index contributed by atoms with van der Waals surface area (Å²) in [7, 11) is 0. The number of hydrogen-bond acceptors (Lipinski definition) is 5. The first-order valence-electron chi connectivity index (χ1n) is 9.53. The number of nitrogens with one attached hydrogen (secondary N) is 1. The molecule has 0 radical (unpaired) electrons. The average Bonchev–Trinajstić information content (AvgIpc) is 2.67. The smallest absolute Gasteiger partial charge is 0.334 e. The summed E-state index contributed by atoms with van der Waals surface area (Å²) in [5.74, 6) is -3.56. The number of amides is 3. The first-order chi connectivity index (χ1) is 14.1. The van der Waals surface area contributed by atoms with E-state index < -0.39 is 42.7 Å². The number of aliphatic hydroxyl groups excluding tert-OH is 2. The number of hydrogen-bond donors (Lipinski definition) is 5. The van der Waals surface area contributed by atoms with Crippen LogP contribution in [-0.2, 0) is 9.59 Å². The van der Waals surface area contributed by atoms with Crippen molar-refractivity contribution in [3.63, 3.8) is 0 Å². The first kappa shape index (κ1) is 23.1. The van der Waals surface area contributed by atoms with Crippen molar-refractivity contribution in [2.45, 2.75) is 32.1 Å². The molecule has 0 fully saturated rings. The van der Waals surface area contributed by atoms with Gasteiger partial charge in [-0.15, -0.1) is 0 Å². The van der Waals surface area contributed by atoms with Gasteiger partial charge in [-0.3, -0.25) is 4.79 Å². The van der Waals surface area contributed by atoms with Gasteiger partial charge < -0.3 is 31.3 Å². The normalized spacial score (nSPS) is 14.2. The quantitative estimate of drug-likeness (QED) is 0.381. The molecule has 3 unspecified atom stereocenters. The van der Waals surface area contributed by atoms with Gasteiger partial charge in [-0.05, 0) is 22.3 Å². The number of primary amides is 1. The molecule has 3 amide bonds. The maximum Gasteiger partial charge on any atom is 0.334 e. The zero-order valence-corrected chi connectivity index (χ0v) is 16.9. The van der Waals surface area contributed by atoms with Crippen LogP contribution in [0.3, 0.4) is 0 Å². The number of carbonyl (C=O) groups excluding carboxylic acids is 2. The van der Waals surface area contributed by atoms with Gasteiger partial charge in [-0.25, -0.2) is 9.59 Å². The molecule has 6 N–H and O–H groups in total. The van der Waals surface area contributed by atoms with E-state index in [-0.39, 0.29) is 12.5 Å². The molecular weight excluding hydrogens is 390 g/mol. The van der Waals surface area contributed by atoms with E-state index in [4.69, 9.17) is 10.8 Å². The van der Waals surface area contributed by atoms with E-state index in [2.05, 4.69) is 5.32 Å². The van der Waals surface area contributed by atoms with Gasteiger partial charge in [0.1, 0.15) is 12.1 Å². The highest BCUT2D eigenvalue weighted by Crippen LogP contribution is 2.27. The molecule has 0 bridgehead atoms. The summed E-state index contributed by atoms with van der Waals surface area (Å²) in [6, 6.07) is 11.6. The maximum absolute atomic E-state index is 12.7. The predicted octanol–water partition coefficient (Wildman–Crippen LogP) is 0.840. The molecule has 0 aliphatic rings. The standard InChI is InChI=1S/C21H27N3O6/c1-12(2)10-24(11-16(25)20(28)29)21(30)23-19(27)17(18(22)26)15-9-5-7-13-6-3-4-8-14(13)15/h3-9,12,16-17,19,25,27H,10-11H2,1-2H3,(H2,22,26)(H,23,30)(H,28,29). The number of benzene rings is 2. The number of nitrogens with two attached hydrogens (primary N) is 1. The van der Waals surface area contributed by atoms with Crippen molar-refractivity contribution < 1.29 is 29.7 Å². The molecule has 2 aromatic carbocycles. The van der Waals surface area contributed by atoms with Gasteiger partial charge in [-0.2, -0.15) is 0 Å². The largest absolute Gasteiger partial charge is 0.479 e. The Morgan fingerprint density at radius 3 is 2.27 bits per heavy atom. The van der Waals surface area contributed by atoms with Crippen LogP contribution >= 0.6 is 0 Å². The molecule has 9 nitrogen and oxygen atoms in total. The van der Waals surface area contributed by atoms with Gasteiger partial charge in [0.25, 0.3) is 0 Å². The minimum Gasteiger partial charge on any atom is -0.479 e. The van der Waals surface area contributed by atoms with Gasteiger partial charge in [0, 0.05) is 6.54 Å². The third kappa shape index (κ3) is 5.68. The molecule has 9 heteroatoms. The van der Waals surface area contributed by atoms with Crippen molar-refractivity contribution in [3.05, 3.63) is 48.0 Å². The minimum atomic E-state index is -1.78. The van der Waals surface area contributed by atoms with Crippen LogP contribution < -0.4 is 11.1 Å². The van der Waals surface area contributed by atoms with Crippen LogP contribution in [0.5, 0.6) is 0 Å². The number of carboxylic acids is 1. The molecule has 2 rings (SSSR count). The summed E-state index contributed by atoms with van der Waals surface area (Å²) in [6.07, 6.45) is -3.44. The van der Waals surface area contributed by atoms with Gasteiger partial charge in [0.2, 0.25) is 5.91 Å². The van der Waals surface area contributed by atoms with E-state index >= 15 is 0 Å². The molecule has 2 aromatic rings. The zero-order valence-electron chi connectivity index (χ0n) is 16.9. The Morgan fingerprint density at radius 2 is 1.67 bits per heavy atom. The van der Waals surface area contributed by atoms with Crippen LogP contribution in [0.15, 0.2) is 42.5 Å². The van der Waals surface area contributed by atoms with Crippen molar-refractivity contribution in [1.82, 2.24) is 10.2 Å². The molecule has 0 aliphatic carbocycles. The van der Waals surface area contributed by atoms with E-state index in [9.17, 15) is 24.6 Å². The number of urea groups is 1. The third-order valence-electron chi connectivity index (χ3n) is 4.60. The van der Waals surface area contributed by atoms with E-state index in [1.54, 1.807) is 24.3 Å². The summed E-state index contributed by atoms with van der Waals surface area (Å²) in [4.78, 5) is 36.9. The fraction of sp³-hybridized carbons (Fsp3) is 0.381. The number of aliphatic hydroxyl groups is 2. The number of carboxylic acid groups (broad SMARTS) is 1. The highest BCUT2D eigenvalue weighted by molar-refractivity contribution is 5.93. The fourth-order valence-corrected chi connectivity index (χ4v) is 3.27. The van der Waals surface area contributed by atoms with Crippen LogP contribution in [-0.4, -0.2) is 63.5 Å². The summed E-state index contributed by atoms with van der Waals surface area (Å²) in [5.41, 5.74) is 5.99. The number of aliphatic carboxylic acids is 1. The molecule has 30 heavy (non-hydrogen) atoms. The van der Waals surface area contributed by atoms with Gasteiger partial charge in [-0.1, -0.05) is 56.3 Å². The second kappa shape index (κ2) is 10.0. The Morgan fingerprint density at radius 1 is 1.03 bits per heavy atom. The average molecular weight is 417 g/mol. The number of fused-ring (bicyclic) bond motifs is 1. The predicted molar refractivity (Wildman–Crippen MR) is 110 cm³/mol. The SMILES string of the molecule is CC(C)CN(CC(O)C(=O)O)C(=O)NC(O)C(C(N)=O)c1cccc2ccccc12. The lowest BCUT2D eigenvalue weighted by Gasteiger charge is -2.29. The summed E-state index contributed by atoms with van der Waals surface area (Å²) >= 11 is 0. The fourth-order valence-electron chi connectivity index (χ4n) is 3.27. The van der Waals surface area contributed by atoms with Crippen LogP contribution in [0, 0.1) is 5.92 Å². The lowest BCUT2D eigenvalue weighted by atomic mass is 9.91. The first-order valence-corrected chi connectivity index (χ1v) is 9.53. The van der Waals surface area contributed by atoms with Crippen LogP contribution in [0.25, 0.3) is 10.8 Å². The van der Waals surface area contributed by atoms with Crippen molar-refractivity contribution in [2.75, 3.05) is 13.1 Å². The highest BCUT2D eigenvalue weighted by Gasteiger charge is 2.31. The lowest BCUT2D eigenvalue weighted by Crippen LogP contribution is -2.52. The van der Waals surface area contributed by atoms with Crippen molar-refractivity contribution in [1.29, 1.82) is 0 Å². The number of carbonyl (C=O) groups is 3. The molecule has 0 aromatic heterocycles. The number of nitrogens with zero attached hydrogens (tertiary/aromatic N) is 1. The van der Waals surface area contributed by atoms with E-state index in [0.29, 0.717) is 10.9 Å². The van der Waals surface area contributed by atoms with Gasteiger partial charge in [0.05, 0.1) is 6.54 Å². The Labute approximate surface area is 174 Å². The highest BCUT2D eigenvalue weighted by atomic mass is 16.4. The monoisotopic (exact) mass is 417 g/mol. The second-order valence-electron chi connectivity index (χ2n) is 7.50. The van der Waals surface area contributed by atoms with E-state index in [0.717, 1.165) is 10.3 Å².